The second kappa shape index (κ2) is 5.41. The highest BCUT2D eigenvalue weighted by molar-refractivity contribution is 9.10. The van der Waals surface area contributed by atoms with E-state index in [2.05, 4.69) is 48.9 Å². The molecule has 110 valence electrons. The van der Waals surface area contributed by atoms with Gasteiger partial charge in [-0.15, -0.1) is 10.2 Å². The van der Waals surface area contributed by atoms with Crippen molar-refractivity contribution < 1.29 is 0 Å². The molecule has 6 heteroatoms. The molecule has 2 aliphatic rings. The van der Waals surface area contributed by atoms with Crippen molar-refractivity contribution in [2.75, 3.05) is 0 Å². The maximum absolute atomic E-state index is 5.71. The summed E-state index contributed by atoms with van der Waals surface area (Å²) in [5.41, 5.74) is 6.83. The SMILES string of the molecule is NCc1ccc(Sc2nnc(C3CC3)n2C2CC2)cc1Br. The van der Waals surface area contributed by atoms with Gasteiger partial charge in [0.15, 0.2) is 5.16 Å². The van der Waals surface area contributed by atoms with E-state index in [1.54, 1.807) is 11.8 Å². The van der Waals surface area contributed by atoms with Crippen LogP contribution in [0.2, 0.25) is 0 Å². The molecule has 0 saturated heterocycles. The molecule has 4 rings (SSSR count). The average molecular weight is 365 g/mol. The minimum Gasteiger partial charge on any atom is -0.326 e. The van der Waals surface area contributed by atoms with E-state index in [4.69, 9.17) is 5.73 Å². The van der Waals surface area contributed by atoms with Crippen LogP contribution in [0, 0.1) is 0 Å². The van der Waals surface area contributed by atoms with E-state index in [9.17, 15) is 0 Å². The summed E-state index contributed by atoms with van der Waals surface area (Å²) in [6, 6.07) is 6.94. The summed E-state index contributed by atoms with van der Waals surface area (Å²) in [5, 5.41) is 9.93. The van der Waals surface area contributed by atoms with Crippen molar-refractivity contribution in [2.24, 2.45) is 5.73 Å². The highest BCUT2D eigenvalue weighted by atomic mass is 79.9. The lowest BCUT2D eigenvalue weighted by atomic mass is 10.2. The topological polar surface area (TPSA) is 56.7 Å². The molecule has 1 heterocycles. The van der Waals surface area contributed by atoms with Gasteiger partial charge in [-0.1, -0.05) is 22.0 Å². The molecular formula is C15H17BrN4S. The highest BCUT2D eigenvalue weighted by Crippen LogP contribution is 2.46. The third kappa shape index (κ3) is 2.76. The molecule has 1 aromatic carbocycles. The van der Waals surface area contributed by atoms with Crippen LogP contribution in [0.1, 0.15) is 49.0 Å². The number of halogens is 1. The fourth-order valence-electron chi connectivity index (χ4n) is 2.52. The van der Waals surface area contributed by atoms with Gasteiger partial charge in [-0.2, -0.15) is 0 Å². The molecule has 0 unspecified atom stereocenters. The summed E-state index contributed by atoms with van der Waals surface area (Å²) in [4.78, 5) is 1.18. The number of hydrogen-bond acceptors (Lipinski definition) is 4. The Bertz CT molecular complexity index is 676. The smallest absolute Gasteiger partial charge is 0.196 e. The van der Waals surface area contributed by atoms with Gasteiger partial charge in [0.1, 0.15) is 5.82 Å². The van der Waals surface area contributed by atoms with Crippen molar-refractivity contribution >= 4 is 27.7 Å². The maximum Gasteiger partial charge on any atom is 0.196 e. The summed E-state index contributed by atoms with van der Waals surface area (Å²) < 4.78 is 3.45. The van der Waals surface area contributed by atoms with Crippen molar-refractivity contribution in [3.8, 4) is 0 Å². The van der Waals surface area contributed by atoms with Crippen molar-refractivity contribution in [3.63, 3.8) is 0 Å². The molecule has 0 amide bonds. The minimum atomic E-state index is 0.551. The van der Waals surface area contributed by atoms with Gasteiger partial charge >= 0.3 is 0 Å². The van der Waals surface area contributed by atoms with Gasteiger partial charge in [0.25, 0.3) is 0 Å². The molecular weight excluding hydrogens is 348 g/mol. The fraction of sp³-hybridized carbons (Fsp3) is 0.467. The zero-order valence-electron chi connectivity index (χ0n) is 11.6. The predicted octanol–water partition coefficient (Wildman–Crippen LogP) is 3.86. The molecule has 0 atom stereocenters. The molecule has 2 aromatic rings. The van der Waals surface area contributed by atoms with E-state index >= 15 is 0 Å². The molecule has 2 saturated carbocycles. The summed E-state index contributed by atoms with van der Waals surface area (Å²) in [6.45, 7) is 0.551. The van der Waals surface area contributed by atoms with Crippen LogP contribution in [0.5, 0.6) is 0 Å². The van der Waals surface area contributed by atoms with E-state index in [1.807, 2.05) is 0 Å². The molecule has 0 bridgehead atoms. The van der Waals surface area contributed by atoms with E-state index in [0.29, 0.717) is 18.5 Å². The number of hydrogen-bond donors (Lipinski definition) is 1. The van der Waals surface area contributed by atoms with Crippen LogP contribution in [0.4, 0.5) is 0 Å². The van der Waals surface area contributed by atoms with Crippen molar-refractivity contribution in [1.29, 1.82) is 0 Å². The lowest BCUT2D eigenvalue weighted by Crippen LogP contribution is -2.01. The largest absolute Gasteiger partial charge is 0.326 e. The lowest BCUT2D eigenvalue weighted by Gasteiger charge is -2.09. The van der Waals surface area contributed by atoms with Gasteiger partial charge in [0, 0.05) is 27.9 Å². The van der Waals surface area contributed by atoms with Gasteiger partial charge < -0.3 is 10.3 Å². The Morgan fingerprint density at radius 2 is 2.05 bits per heavy atom. The standard InChI is InChI=1S/C15H17BrN4S/c16-13-7-12(6-3-10(13)8-17)21-15-19-18-14(9-1-2-9)20(15)11-4-5-11/h3,6-7,9,11H,1-2,4-5,8,17H2. The second-order valence-corrected chi connectivity index (χ2v) is 7.67. The van der Waals surface area contributed by atoms with Crippen LogP contribution in [0.15, 0.2) is 32.7 Å². The summed E-state index contributed by atoms with van der Waals surface area (Å²) >= 11 is 5.28. The molecule has 0 radical (unpaired) electrons. The Balaban J connectivity index is 1.63. The summed E-state index contributed by atoms with van der Waals surface area (Å²) in [5.74, 6) is 1.86. The molecule has 0 spiro atoms. The zero-order chi connectivity index (χ0) is 14.4. The molecule has 1 aromatic heterocycles. The number of nitrogens with two attached hydrogens (primary N) is 1. The van der Waals surface area contributed by atoms with Crippen molar-refractivity contribution in [3.05, 3.63) is 34.1 Å². The van der Waals surface area contributed by atoms with Gasteiger partial charge in [0.05, 0.1) is 0 Å². The third-order valence-electron chi connectivity index (χ3n) is 4.00. The Morgan fingerprint density at radius 1 is 1.24 bits per heavy atom. The minimum absolute atomic E-state index is 0.551. The first-order valence-corrected chi connectivity index (χ1v) is 8.98. The Labute approximate surface area is 136 Å². The van der Waals surface area contributed by atoms with Gasteiger partial charge in [-0.05, 0) is 55.1 Å². The Hall–Kier alpha value is -0.850. The van der Waals surface area contributed by atoms with E-state index < -0.39 is 0 Å². The molecule has 0 aliphatic heterocycles. The molecule has 2 fully saturated rings. The normalized spacial score (nSPS) is 18.2. The number of rotatable bonds is 5. The number of benzene rings is 1. The maximum atomic E-state index is 5.71. The average Bonchev–Trinajstić information content (AvgIpc) is 3.39. The van der Waals surface area contributed by atoms with Crippen LogP contribution >= 0.6 is 27.7 Å². The number of nitrogens with zero attached hydrogens (tertiary/aromatic N) is 3. The Morgan fingerprint density at radius 3 is 2.67 bits per heavy atom. The van der Waals surface area contributed by atoms with Crippen LogP contribution in [0.25, 0.3) is 0 Å². The number of aromatic nitrogens is 3. The molecule has 2 N–H and O–H groups in total. The monoisotopic (exact) mass is 364 g/mol. The summed E-state index contributed by atoms with van der Waals surface area (Å²) in [7, 11) is 0. The van der Waals surface area contributed by atoms with Crippen molar-refractivity contribution in [2.45, 2.75) is 54.2 Å². The molecule has 2 aliphatic carbocycles. The van der Waals surface area contributed by atoms with E-state index in [-0.39, 0.29) is 0 Å². The lowest BCUT2D eigenvalue weighted by molar-refractivity contribution is 0.627. The first-order valence-electron chi connectivity index (χ1n) is 7.37. The highest BCUT2D eigenvalue weighted by Gasteiger charge is 2.36. The Kier molecular flexibility index (Phi) is 3.55. The van der Waals surface area contributed by atoms with Crippen molar-refractivity contribution in [1.82, 2.24) is 14.8 Å². The van der Waals surface area contributed by atoms with Crippen LogP contribution in [-0.4, -0.2) is 14.8 Å². The first kappa shape index (κ1) is 13.8. The first-order chi connectivity index (χ1) is 10.3. The third-order valence-corrected chi connectivity index (χ3v) is 5.69. The van der Waals surface area contributed by atoms with E-state index in [0.717, 1.165) is 15.2 Å². The summed E-state index contributed by atoms with van der Waals surface area (Å²) in [6.07, 6.45) is 5.07. The second-order valence-electron chi connectivity index (χ2n) is 5.78. The van der Waals surface area contributed by atoms with Gasteiger partial charge in [-0.25, -0.2) is 0 Å². The fourth-order valence-corrected chi connectivity index (χ4v) is 4.15. The van der Waals surface area contributed by atoms with Gasteiger partial charge in [-0.3, -0.25) is 0 Å². The quantitative estimate of drug-likeness (QED) is 0.874. The van der Waals surface area contributed by atoms with Gasteiger partial charge in [0.2, 0.25) is 0 Å². The molecule has 4 nitrogen and oxygen atoms in total. The van der Waals surface area contributed by atoms with Crippen LogP contribution < -0.4 is 5.73 Å². The van der Waals surface area contributed by atoms with Crippen LogP contribution in [-0.2, 0) is 6.54 Å². The molecule has 21 heavy (non-hydrogen) atoms. The van der Waals surface area contributed by atoms with E-state index in [1.165, 1.54) is 36.4 Å². The van der Waals surface area contributed by atoms with Crippen LogP contribution in [0.3, 0.4) is 0 Å². The zero-order valence-corrected chi connectivity index (χ0v) is 14.0. The predicted molar refractivity (Wildman–Crippen MR) is 86.4 cm³/mol.